The first-order valence-corrected chi connectivity index (χ1v) is 8.24. The Morgan fingerprint density at radius 1 is 1.08 bits per heavy atom. The van der Waals surface area contributed by atoms with Crippen LogP contribution in [0.5, 0.6) is 0 Å². The van der Waals surface area contributed by atoms with Crippen molar-refractivity contribution in [3.8, 4) is 5.69 Å². The monoisotopic (exact) mass is 355 g/mol. The fourth-order valence-corrected chi connectivity index (χ4v) is 2.91. The van der Waals surface area contributed by atoms with Crippen molar-refractivity contribution in [1.29, 1.82) is 0 Å². The molecule has 0 aliphatic heterocycles. The molecule has 1 heterocycles. The summed E-state index contributed by atoms with van der Waals surface area (Å²) < 4.78 is 3.25. The SMILES string of the molecule is Cc1c(NC(=O)Cc2ccccc2Cl)c(=O)n(-c2ccccc2)n1C. The lowest BCUT2D eigenvalue weighted by molar-refractivity contribution is -0.115. The first-order valence-electron chi connectivity index (χ1n) is 7.86. The fourth-order valence-electron chi connectivity index (χ4n) is 2.71. The van der Waals surface area contributed by atoms with Crippen LogP contribution < -0.4 is 10.9 Å². The van der Waals surface area contributed by atoms with Gasteiger partial charge in [-0.1, -0.05) is 48.0 Å². The number of aromatic nitrogens is 2. The second kappa shape index (κ2) is 6.99. The van der Waals surface area contributed by atoms with E-state index in [0.29, 0.717) is 10.7 Å². The number of nitrogens with one attached hydrogen (secondary N) is 1. The van der Waals surface area contributed by atoms with Gasteiger partial charge in [0, 0.05) is 12.1 Å². The number of para-hydroxylation sites is 1. The van der Waals surface area contributed by atoms with Gasteiger partial charge < -0.3 is 5.32 Å². The summed E-state index contributed by atoms with van der Waals surface area (Å²) in [5.41, 5.74) is 2.16. The average molecular weight is 356 g/mol. The Bertz CT molecular complexity index is 974. The molecular weight excluding hydrogens is 338 g/mol. The van der Waals surface area contributed by atoms with Crippen molar-refractivity contribution < 1.29 is 4.79 Å². The zero-order chi connectivity index (χ0) is 18.0. The van der Waals surface area contributed by atoms with Crippen molar-refractivity contribution >= 4 is 23.2 Å². The molecular formula is C19H18ClN3O2. The molecule has 1 amide bonds. The lowest BCUT2D eigenvalue weighted by Gasteiger charge is -2.07. The maximum atomic E-state index is 12.8. The third-order valence-corrected chi connectivity index (χ3v) is 4.50. The molecule has 0 unspecified atom stereocenters. The molecule has 0 spiro atoms. The lowest BCUT2D eigenvalue weighted by Crippen LogP contribution is -2.23. The van der Waals surface area contributed by atoms with Crippen LogP contribution in [-0.2, 0) is 18.3 Å². The molecule has 0 aliphatic carbocycles. The quantitative estimate of drug-likeness (QED) is 0.780. The lowest BCUT2D eigenvalue weighted by atomic mass is 10.1. The number of nitrogens with zero attached hydrogens (tertiary/aromatic N) is 2. The molecule has 6 heteroatoms. The second-order valence-electron chi connectivity index (χ2n) is 5.75. The van der Waals surface area contributed by atoms with Crippen LogP contribution in [-0.4, -0.2) is 15.3 Å². The molecule has 2 aromatic carbocycles. The summed E-state index contributed by atoms with van der Waals surface area (Å²) in [6.07, 6.45) is 0.110. The van der Waals surface area contributed by atoms with Gasteiger partial charge in [-0.2, -0.15) is 0 Å². The minimum Gasteiger partial charge on any atom is -0.320 e. The summed E-state index contributed by atoms with van der Waals surface area (Å²) in [7, 11) is 1.79. The van der Waals surface area contributed by atoms with Crippen LogP contribution in [0.2, 0.25) is 5.02 Å². The van der Waals surface area contributed by atoms with Crippen LogP contribution in [0.4, 0.5) is 5.69 Å². The van der Waals surface area contributed by atoms with E-state index in [2.05, 4.69) is 5.32 Å². The van der Waals surface area contributed by atoms with E-state index in [1.165, 1.54) is 4.68 Å². The molecule has 0 saturated heterocycles. The number of halogens is 1. The van der Waals surface area contributed by atoms with Gasteiger partial charge in [-0.05, 0) is 30.7 Å². The van der Waals surface area contributed by atoms with Crippen LogP contribution in [0.15, 0.2) is 59.4 Å². The van der Waals surface area contributed by atoms with Crippen LogP contribution in [0, 0.1) is 6.92 Å². The van der Waals surface area contributed by atoms with Gasteiger partial charge in [-0.15, -0.1) is 0 Å². The van der Waals surface area contributed by atoms with Gasteiger partial charge in [0.2, 0.25) is 5.91 Å². The Morgan fingerprint density at radius 2 is 1.72 bits per heavy atom. The summed E-state index contributed by atoms with van der Waals surface area (Å²) >= 11 is 6.09. The van der Waals surface area contributed by atoms with Gasteiger partial charge in [-0.3, -0.25) is 14.3 Å². The molecule has 0 saturated carbocycles. The minimum atomic E-state index is -0.279. The molecule has 0 fully saturated rings. The number of amides is 1. The topological polar surface area (TPSA) is 56.0 Å². The zero-order valence-electron chi connectivity index (χ0n) is 14.0. The standard InChI is InChI=1S/C19H18ClN3O2/c1-13-18(21-17(24)12-14-8-6-7-11-16(14)20)19(25)23(22(13)2)15-9-4-3-5-10-15/h3-11H,12H2,1-2H3,(H,21,24). The van der Waals surface area contributed by atoms with Gasteiger partial charge in [0.05, 0.1) is 17.8 Å². The fraction of sp³-hybridized carbons (Fsp3) is 0.158. The molecule has 3 aromatic rings. The van der Waals surface area contributed by atoms with Gasteiger partial charge >= 0.3 is 0 Å². The normalized spacial score (nSPS) is 10.7. The van der Waals surface area contributed by atoms with Crippen molar-refractivity contribution in [2.75, 3.05) is 5.32 Å². The number of rotatable bonds is 4. The van der Waals surface area contributed by atoms with Crippen molar-refractivity contribution in [2.24, 2.45) is 7.05 Å². The third kappa shape index (κ3) is 3.37. The molecule has 0 atom stereocenters. The van der Waals surface area contributed by atoms with Crippen LogP contribution in [0.1, 0.15) is 11.3 Å². The number of hydrogen-bond donors (Lipinski definition) is 1. The van der Waals surface area contributed by atoms with E-state index in [9.17, 15) is 9.59 Å². The first-order chi connectivity index (χ1) is 12.0. The summed E-state index contributed by atoms with van der Waals surface area (Å²) in [6.45, 7) is 1.80. The highest BCUT2D eigenvalue weighted by Crippen LogP contribution is 2.17. The highest BCUT2D eigenvalue weighted by Gasteiger charge is 2.18. The smallest absolute Gasteiger partial charge is 0.295 e. The van der Waals surface area contributed by atoms with E-state index < -0.39 is 0 Å². The highest BCUT2D eigenvalue weighted by molar-refractivity contribution is 6.31. The van der Waals surface area contributed by atoms with E-state index in [1.807, 2.05) is 42.5 Å². The Kier molecular flexibility index (Phi) is 4.76. The largest absolute Gasteiger partial charge is 0.320 e. The zero-order valence-corrected chi connectivity index (χ0v) is 14.7. The predicted octanol–water partition coefficient (Wildman–Crippen LogP) is 3.32. The molecule has 0 bridgehead atoms. The van der Waals surface area contributed by atoms with Crippen LogP contribution in [0.3, 0.4) is 0 Å². The van der Waals surface area contributed by atoms with Gasteiger partial charge in [0.25, 0.3) is 5.56 Å². The molecule has 0 aliphatic rings. The predicted molar refractivity (Wildman–Crippen MR) is 99.5 cm³/mol. The van der Waals surface area contributed by atoms with Gasteiger partial charge in [0.15, 0.2) is 0 Å². The Balaban J connectivity index is 1.90. The maximum absolute atomic E-state index is 12.8. The molecule has 25 heavy (non-hydrogen) atoms. The van der Waals surface area contributed by atoms with Crippen molar-refractivity contribution in [2.45, 2.75) is 13.3 Å². The van der Waals surface area contributed by atoms with Crippen LogP contribution in [0.25, 0.3) is 5.69 Å². The van der Waals surface area contributed by atoms with Crippen LogP contribution >= 0.6 is 11.6 Å². The third-order valence-electron chi connectivity index (χ3n) is 4.13. The van der Waals surface area contributed by atoms with Crippen molar-refractivity contribution in [1.82, 2.24) is 9.36 Å². The molecule has 1 aromatic heterocycles. The molecule has 0 radical (unpaired) electrons. The molecule has 1 N–H and O–H groups in total. The van der Waals surface area contributed by atoms with E-state index in [-0.39, 0.29) is 23.6 Å². The van der Waals surface area contributed by atoms with E-state index in [0.717, 1.165) is 11.3 Å². The second-order valence-corrected chi connectivity index (χ2v) is 6.16. The number of hydrogen-bond acceptors (Lipinski definition) is 2. The summed E-state index contributed by atoms with van der Waals surface area (Å²) in [6, 6.07) is 16.5. The summed E-state index contributed by atoms with van der Waals surface area (Å²) in [5.74, 6) is -0.279. The van der Waals surface area contributed by atoms with E-state index >= 15 is 0 Å². The van der Waals surface area contributed by atoms with Crippen molar-refractivity contribution in [3.63, 3.8) is 0 Å². The number of carbonyl (C=O) groups is 1. The number of benzene rings is 2. The Labute approximate surface area is 150 Å². The minimum absolute atomic E-state index is 0.110. The number of anilines is 1. The highest BCUT2D eigenvalue weighted by atomic mass is 35.5. The van der Waals surface area contributed by atoms with E-state index in [1.54, 1.807) is 30.8 Å². The van der Waals surface area contributed by atoms with Gasteiger partial charge in [-0.25, -0.2) is 4.68 Å². The molecule has 3 rings (SSSR count). The average Bonchev–Trinajstić information content (AvgIpc) is 2.81. The molecule has 5 nitrogen and oxygen atoms in total. The van der Waals surface area contributed by atoms with E-state index in [4.69, 9.17) is 11.6 Å². The summed E-state index contributed by atoms with van der Waals surface area (Å²) in [5, 5.41) is 3.27. The Morgan fingerprint density at radius 3 is 2.40 bits per heavy atom. The Hall–Kier alpha value is -2.79. The summed E-state index contributed by atoms with van der Waals surface area (Å²) in [4.78, 5) is 25.1. The van der Waals surface area contributed by atoms with Crippen molar-refractivity contribution in [3.05, 3.63) is 81.2 Å². The number of carbonyl (C=O) groups excluding carboxylic acids is 1. The van der Waals surface area contributed by atoms with Gasteiger partial charge in [0.1, 0.15) is 5.69 Å². The first kappa shape index (κ1) is 17.0. The maximum Gasteiger partial charge on any atom is 0.295 e. The molecule has 128 valence electrons.